The van der Waals surface area contributed by atoms with Gasteiger partial charge >= 0.3 is 5.97 Å². The monoisotopic (exact) mass is 1010 g/mol. The smallest absolute Gasteiger partial charge is 0.328 e. The first kappa shape index (κ1) is 62.3. The van der Waals surface area contributed by atoms with Crippen LogP contribution in [-0.4, -0.2) is 185 Å². The first-order chi connectivity index (χ1) is 33.3. The third kappa shape index (κ3) is 22.7. The number of carboxylic acid groups (broad SMARTS) is 1. The fourth-order valence-electron chi connectivity index (χ4n) is 6.73. The van der Waals surface area contributed by atoms with E-state index in [0.717, 1.165) is 6.42 Å². The molecule has 1 saturated heterocycles. The average Bonchev–Trinajstić information content (AvgIpc) is 3.85. The number of aliphatic carboxylic acids is 1. The molecule has 0 bridgehead atoms. The quantitative estimate of drug-likeness (QED) is 0.0169. The molecule has 1 fully saturated rings. The van der Waals surface area contributed by atoms with Crippen LogP contribution in [0.15, 0.2) is 4.99 Å². The van der Waals surface area contributed by atoms with Crippen LogP contribution in [0, 0.1) is 11.8 Å². The van der Waals surface area contributed by atoms with Crippen molar-refractivity contribution in [1.82, 2.24) is 53.2 Å². The summed E-state index contributed by atoms with van der Waals surface area (Å²) in [6, 6.07) is -13.8. The second-order valence-corrected chi connectivity index (χ2v) is 17.7. The summed E-state index contributed by atoms with van der Waals surface area (Å²) in [4.78, 5) is 146. The fourth-order valence-corrected chi connectivity index (χ4v) is 6.73. The first-order valence-electron chi connectivity index (χ1n) is 23.1. The zero-order chi connectivity index (χ0) is 54.1. The van der Waals surface area contributed by atoms with Crippen LogP contribution in [0.4, 0.5) is 0 Å². The summed E-state index contributed by atoms with van der Waals surface area (Å²) in [5, 5.41) is 62.3. The van der Waals surface area contributed by atoms with E-state index in [0.29, 0.717) is 13.0 Å². The van der Waals surface area contributed by atoms with E-state index in [4.69, 9.17) is 22.3 Å². The average molecular weight is 1020 g/mol. The molecule has 0 aromatic carbocycles. The highest BCUT2D eigenvalue weighted by atomic mass is 16.4. The van der Waals surface area contributed by atoms with Crippen molar-refractivity contribution in [2.24, 2.45) is 34.0 Å². The van der Waals surface area contributed by atoms with Crippen LogP contribution in [0.25, 0.3) is 0 Å². The van der Waals surface area contributed by atoms with E-state index in [1.165, 1.54) is 13.8 Å². The van der Waals surface area contributed by atoms with Gasteiger partial charge in [0.25, 0.3) is 0 Å². The van der Waals surface area contributed by atoms with Gasteiger partial charge in [-0.15, -0.1) is 0 Å². The van der Waals surface area contributed by atoms with Crippen LogP contribution in [0.2, 0.25) is 0 Å². The number of aliphatic hydroxyl groups is 3. The third-order valence-corrected chi connectivity index (χ3v) is 10.8. The van der Waals surface area contributed by atoms with Gasteiger partial charge in [-0.3, -0.25) is 52.9 Å². The standard InChI is InChI=1S/C42H74N14O15/c1-19(2)15-26(52-34(63)23-9-7-13-46-23)37(66)49-21(5)32(61)50-25(11-12-30(43)60)35(64)48-22(6)33(62)56-31(20(3)4)40(69)51-24(10-8-14-47-42(44)45)36(65)53-27(16-57)38(67)54-28(17-58)39(68)55-29(18-59)41(70)71/h19-29,31,46,57-59H,7-18H2,1-6H3,(H2,43,60)(H,48,64)(H,49,66)(H,50,61)(H,51,69)(H,52,63)(H,53,65)(H,54,67)(H,55,68)(H,56,62)(H,70,71)(H4,44,45,47)/t21-,22-,23-,24-,25-,26-,27-,28-,29-,31-/m0/s1. The number of nitrogens with zero attached hydrogens (tertiary/aromatic N) is 1. The number of aliphatic hydroxyl groups excluding tert-OH is 3. The first-order valence-corrected chi connectivity index (χ1v) is 23.1. The zero-order valence-electron chi connectivity index (χ0n) is 40.9. The van der Waals surface area contributed by atoms with Crippen LogP contribution in [0.1, 0.15) is 86.5 Å². The molecule has 0 aromatic rings. The Morgan fingerprint density at radius 1 is 0.563 bits per heavy atom. The highest BCUT2D eigenvalue weighted by molar-refractivity contribution is 5.98. The van der Waals surface area contributed by atoms with E-state index in [1.54, 1.807) is 13.8 Å². The second kappa shape index (κ2) is 31.5. The number of nitrogens with one attached hydrogen (secondary N) is 10. The van der Waals surface area contributed by atoms with Gasteiger partial charge in [0.05, 0.1) is 25.9 Å². The molecule has 1 aliphatic heterocycles. The molecule has 0 saturated carbocycles. The Morgan fingerprint density at radius 2 is 1.01 bits per heavy atom. The number of hydrogen-bond donors (Lipinski definition) is 17. The predicted molar refractivity (Wildman–Crippen MR) is 251 cm³/mol. The van der Waals surface area contributed by atoms with Gasteiger partial charge in [-0.1, -0.05) is 27.7 Å². The SMILES string of the molecule is CC(C)C[C@H](NC(=O)[C@@H]1CCCN1)C(=O)N[C@@H](C)C(=O)N[C@@H](CCC(N)=O)C(=O)N[C@@H](C)C(=O)N[C@H](C(=O)N[C@@H](CCCN=C(N)N)C(=O)N[C@@H](CO)C(=O)N[C@@H](CO)C(=O)N[C@@H](CO)C(=O)O)C(C)C. The van der Waals surface area contributed by atoms with E-state index < -0.39 is 145 Å². The molecule has 1 rings (SSSR count). The van der Waals surface area contributed by atoms with Gasteiger partial charge in [-0.05, 0) is 70.8 Å². The molecule has 0 spiro atoms. The molecule has 20 N–H and O–H groups in total. The molecule has 29 nitrogen and oxygen atoms in total. The van der Waals surface area contributed by atoms with Crippen LogP contribution in [-0.2, 0) is 52.7 Å². The Kier molecular flexibility index (Phi) is 27.6. The number of amides is 10. The number of guanidine groups is 1. The Balaban J connectivity index is 3.17. The maximum atomic E-state index is 13.8. The normalized spacial score (nSPS) is 17.0. The molecule has 1 aliphatic rings. The van der Waals surface area contributed by atoms with Crippen molar-refractivity contribution in [2.75, 3.05) is 32.9 Å². The maximum absolute atomic E-state index is 13.8. The van der Waals surface area contributed by atoms with E-state index in [-0.39, 0.29) is 56.4 Å². The molecule has 71 heavy (non-hydrogen) atoms. The minimum Gasteiger partial charge on any atom is -0.480 e. The van der Waals surface area contributed by atoms with Crippen molar-refractivity contribution in [3.63, 3.8) is 0 Å². The largest absolute Gasteiger partial charge is 0.480 e. The van der Waals surface area contributed by atoms with E-state index in [9.17, 15) is 68.1 Å². The molecule has 0 unspecified atom stereocenters. The third-order valence-electron chi connectivity index (χ3n) is 10.8. The molecule has 10 atom stereocenters. The zero-order valence-corrected chi connectivity index (χ0v) is 40.9. The highest BCUT2D eigenvalue weighted by Gasteiger charge is 2.35. The van der Waals surface area contributed by atoms with Gasteiger partial charge in [0.15, 0.2) is 5.96 Å². The van der Waals surface area contributed by atoms with Crippen molar-refractivity contribution in [2.45, 2.75) is 147 Å². The van der Waals surface area contributed by atoms with E-state index in [1.807, 2.05) is 24.5 Å². The molecule has 10 amide bonds. The number of hydrogen-bond acceptors (Lipinski definition) is 16. The van der Waals surface area contributed by atoms with Crippen LogP contribution in [0.5, 0.6) is 0 Å². The minimum atomic E-state index is -1.81. The molecule has 0 aromatic heterocycles. The van der Waals surface area contributed by atoms with Crippen molar-refractivity contribution in [3.05, 3.63) is 0 Å². The Morgan fingerprint density at radius 3 is 1.46 bits per heavy atom. The fraction of sp³-hybridized carbons (Fsp3) is 0.714. The second-order valence-electron chi connectivity index (χ2n) is 17.7. The van der Waals surface area contributed by atoms with Crippen LogP contribution in [0.3, 0.4) is 0 Å². The molecule has 402 valence electrons. The van der Waals surface area contributed by atoms with E-state index in [2.05, 4.69) is 47.5 Å². The number of carbonyl (C=O) groups excluding carboxylic acids is 10. The summed E-state index contributed by atoms with van der Waals surface area (Å²) in [5.74, 6) is -11.5. The predicted octanol–water partition coefficient (Wildman–Crippen LogP) is -7.78. The van der Waals surface area contributed by atoms with Crippen molar-refractivity contribution < 1.29 is 73.2 Å². The summed E-state index contributed by atoms with van der Waals surface area (Å²) in [7, 11) is 0. The maximum Gasteiger partial charge on any atom is 0.328 e. The van der Waals surface area contributed by atoms with Gasteiger partial charge < -0.3 is 90.8 Å². The topological polar surface area (TPSA) is 479 Å². The lowest BCUT2D eigenvalue weighted by molar-refractivity contribution is -0.143. The number of carbonyl (C=O) groups is 11. The molecule has 0 aliphatic carbocycles. The molecule has 0 radical (unpaired) electrons. The Bertz CT molecular complexity index is 1890. The summed E-state index contributed by atoms with van der Waals surface area (Å²) in [5.41, 5.74) is 16.1. The van der Waals surface area contributed by atoms with Gasteiger partial charge in [0.1, 0.15) is 54.4 Å². The summed E-state index contributed by atoms with van der Waals surface area (Å²) in [6.45, 7) is 6.85. The summed E-state index contributed by atoms with van der Waals surface area (Å²) >= 11 is 0. The number of primary amides is 1. The number of carboxylic acids is 1. The lowest BCUT2D eigenvalue weighted by atomic mass is 10.0. The number of nitrogens with two attached hydrogens (primary N) is 3. The molecule has 1 heterocycles. The highest BCUT2D eigenvalue weighted by Crippen LogP contribution is 2.11. The van der Waals surface area contributed by atoms with Gasteiger partial charge in [-0.25, -0.2) is 4.79 Å². The number of aliphatic imine (C=N–C) groups is 1. The van der Waals surface area contributed by atoms with Crippen molar-refractivity contribution in [3.8, 4) is 0 Å². The van der Waals surface area contributed by atoms with E-state index >= 15 is 0 Å². The lowest BCUT2D eigenvalue weighted by Gasteiger charge is -2.28. The van der Waals surface area contributed by atoms with Crippen LogP contribution < -0.4 is 70.4 Å². The minimum absolute atomic E-state index is 0.0156. The molecular weight excluding hydrogens is 941 g/mol. The lowest BCUT2D eigenvalue weighted by Crippen LogP contribution is -2.61. The van der Waals surface area contributed by atoms with Gasteiger partial charge in [0.2, 0.25) is 59.1 Å². The van der Waals surface area contributed by atoms with Gasteiger partial charge in [0, 0.05) is 13.0 Å². The Labute approximate surface area is 410 Å². The van der Waals surface area contributed by atoms with Crippen molar-refractivity contribution in [1.29, 1.82) is 0 Å². The van der Waals surface area contributed by atoms with Crippen molar-refractivity contribution >= 4 is 71.0 Å². The molecular formula is C42H74N14O15. The number of rotatable bonds is 32. The van der Waals surface area contributed by atoms with Crippen LogP contribution >= 0.6 is 0 Å². The molecule has 29 heteroatoms. The summed E-state index contributed by atoms with van der Waals surface area (Å²) in [6.07, 6.45) is 0.830. The van der Waals surface area contributed by atoms with Gasteiger partial charge in [-0.2, -0.15) is 0 Å². The Hall–Kier alpha value is -6.72. The summed E-state index contributed by atoms with van der Waals surface area (Å²) < 4.78 is 0.